The third-order valence-electron chi connectivity index (χ3n) is 3.13. The lowest BCUT2D eigenvalue weighted by atomic mass is 10.1. The number of aromatic carboxylic acids is 1. The SMILES string of the molecule is CC/C=C\C/C(=C\CF)c1noc(-c2cccc(C(=O)O)c2)n1. The van der Waals surface area contributed by atoms with Crippen molar-refractivity contribution in [2.45, 2.75) is 19.8 Å². The lowest BCUT2D eigenvalue weighted by molar-refractivity contribution is 0.0697. The molecule has 0 fully saturated rings. The summed E-state index contributed by atoms with van der Waals surface area (Å²) >= 11 is 0. The Kier molecular flexibility index (Phi) is 5.80. The lowest BCUT2D eigenvalue weighted by Crippen LogP contribution is -1.95. The molecule has 0 aliphatic heterocycles. The highest BCUT2D eigenvalue weighted by Gasteiger charge is 2.13. The van der Waals surface area contributed by atoms with Gasteiger partial charge in [-0.1, -0.05) is 30.3 Å². The molecule has 0 aliphatic rings. The second kappa shape index (κ2) is 8.03. The highest BCUT2D eigenvalue weighted by molar-refractivity contribution is 5.89. The molecule has 120 valence electrons. The Morgan fingerprint density at radius 3 is 2.91 bits per heavy atom. The number of aromatic nitrogens is 2. The zero-order valence-electron chi connectivity index (χ0n) is 12.7. The summed E-state index contributed by atoms with van der Waals surface area (Å²) in [6, 6.07) is 6.21. The number of hydrogen-bond donors (Lipinski definition) is 1. The fraction of sp³-hybridized carbons (Fsp3) is 0.235. The molecule has 0 saturated heterocycles. The first-order valence-corrected chi connectivity index (χ1v) is 7.23. The number of hydrogen-bond acceptors (Lipinski definition) is 4. The number of carbonyl (C=O) groups is 1. The quantitative estimate of drug-likeness (QED) is 0.777. The van der Waals surface area contributed by atoms with Crippen molar-refractivity contribution >= 4 is 11.5 Å². The van der Waals surface area contributed by atoms with Crippen molar-refractivity contribution in [3.05, 3.63) is 53.9 Å². The zero-order chi connectivity index (χ0) is 16.7. The van der Waals surface area contributed by atoms with E-state index < -0.39 is 12.6 Å². The summed E-state index contributed by atoms with van der Waals surface area (Å²) in [5.74, 6) is -0.527. The maximum absolute atomic E-state index is 12.7. The van der Waals surface area contributed by atoms with E-state index in [0.29, 0.717) is 23.4 Å². The molecule has 1 aromatic carbocycles. The number of carboxylic acid groups (broad SMARTS) is 1. The molecule has 0 unspecified atom stereocenters. The third kappa shape index (κ3) is 4.35. The van der Waals surface area contributed by atoms with E-state index in [9.17, 15) is 9.18 Å². The minimum Gasteiger partial charge on any atom is -0.478 e. The molecule has 0 amide bonds. The maximum Gasteiger partial charge on any atom is 0.335 e. The van der Waals surface area contributed by atoms with Crippen LogP contribution in [-0.2, 0) is 0 Å². The smallest absolute Gasteiger partial charge is 0.335 e. The Morgan fingerprint density at radius 1 is 1.39 bits per heavy atom. The molecule has 1 heterocycles. The van der Waals surface area contributed by atoms with Crippen LogP contribution in [0, 0.1) is 0 Å². The average molecular weight is 316 g/mol. The van der Waals surface area contributed by atoms with Crippen molar-refractivity contribution in [1.29, 1.82) is 0 Å². The molecule has 0 saturated carbocycles. The molecule has 0 aliphatic carbocycles. The third-order valence-corrected chi connectivity index (χ3v) is 3.13. The van der Waals surface area contributed by atoms with Crippen molar-refractivity contribution in [1.82, 2.24) is 10.1 Å². The number of nitrogens with zero attached hydrogens (tertiary/aromatic N) is 2. The summed E-state index contributed by atoms with van der Waals surface area (Å²) in [7, 11) is 0. The highest BCUT2D eigenvalue weighted by atomic mass is 19.1. The first-order chi connectivity index (χ1) is 11.2. The maximum atomic E-state index is 12.7. The summed E-state index contributed by atoms with van der Waals surface area (Å²) < 4.78 is 17.8. The summed E-state index contributed by atoms with van der Waals surface area (Å²) in [5, 5.41) is 12.9. The van der Waals surface area contributed by atoms with Crippen molar-refractivity contribution in [2.75, 3.05) is 6.67 Å². The predicted molar refractivity (Wildman–Crippen MR) is 84.7 cm³/mol. The number of benzene rings is 1. The van der Waals surface area contributed by atoms with Gasteiger partial charge in [0, 0.05) is 11.1 Å². The van der Waals surface area contributed by atoms with E-state index >= 15 is 0 Å². The number of alkyl halides is 1. The van der Waals surface area contributed by atoms with Gasteiger partial charge in [0.25, 0.3) is 5.89 Å². The van der Waals surface area contributed by atoms with E-state index in [0.717, 1.165) is 6.42 Å². The lowest BCUT2D eigenvalue weighted by Gasteiger charge is -1.98. The zero-order valence-corrected chi connectivity index (χ0v) is 12.7. The van der Waals surface area contributed by atoms with Gasteiger partial charge in [-0.2, -0.15) is 4.98 Å². The summed E-state index contributed by atoms with van der Waals surface area (Å²) in [6.07, 6.45) is 6.70. The molecular weight excluding hydrogens is 299 g/mol. The minimum absolute atomic E-state index is 0.132. The fourth-order valence-corrected chi connectivity index (χ4v) is 1.99. The van der Waals surface area contributed by atoms with Crippen molar-refractivity contribution in [3.63, 3.8) is 0 Å². The number of allylic oxidation sites excluding steroid dienone is 4. The first kappa shape index (κ1) is 16.6. The van der Waals surface area contributed by atoms with Gasteiger partial charge in [-0.25, -0.2) is 9.18 Å². The molecule has 23 heavy (non-hydrogen) atoms. The van der Waals surface area contributed by atoms with Gasteiger partial charge in [0.1, 0.15) is 6.67 Å². The molecule has 0 radical (unpaired) electrons. The first-order valence-electron chi connectivity index (χ1n) is 7.23. The van der Waals surface area contributed by atoms with E-state index in [-0.39, 0.29) is 11.5 Å². The Balaban J connectivity index is 2.28. The second-order valence-electron chi connectivity index (χ2n) is 4.78. The van der Waals surface area contributed by atoms with Crippen LogP contribution in [0.4, 0.5) is 4.39 Å². The summed E-state index contributed by atoms with van der Waals surface area (Å²) in [5.41, 5.74) is 1.27. The Morgan fingerprint density at radius 2 is 2.22 bits per heavy atom. The predicted octanol–water partition coefficient (Wildman–Crippen LogP) is 4.14. The number of carboxylic acids is 1. The van der Waals surface area contributed by atoms with Gasteiger partial charge >= 0.3 is 5.97 Å². The van der Waals surface area contributed by atoms with Crippen LogP contribution in [0.15, 0.2) is 47.0 Å². The van der Waals surface area contributed by atoms with Gasteiger partial charge in [0.2, 0.25) is 0 Å². The van der Waals surface area contributed by atoms with E-state index in [4.69, 9.17) is 9.63 Å². The molecule has 1 N–H and O–H groups in total. The molecule has 2 aromatic rings. The van der Waals surface area contributed by atoms with Gasteiger partial charge in [0.15, 0.2) is 5.82 Å². The van der Waals surface area contributed by atoms with Crippen LogP contribution in [0.1, 0.15) is 35.9 Å². The largest absolute Gasteiger partial charge is 0.478 e. The monoisotopic (exact) mass is 316 g/mol. The molecular formula is C17H17FN2O3. The standard InChI is InChI=1S/C17H17FN2O3/c1-2-3-4-6-12(9-10-18)15-19-16(23-20-15)13-7-5-8-14(11-13)17(21)22/h3-5,7-9,11H,2,6,10H2,1H3,(H,21,22)/b4-3-,12-9+. The second-order valence-corrected chi connectivity index (χ2v) is 4.78. The van der Waals surface area contributed by atoms with Gasteiger partial charge in [-0.05, 0) is 37.1 Å². The van der Waals surface area contributed by atoms with Crippen LogP contribution >= 0.6 is 0 Å². The van der Waals surface area contributed by atoms with Crippen LogP contribution < -0.4 is 0 Å². The molecule has 0 atom stereocenters. The van der Waals surface area contributed by atoms with Crippen LogP contribution in [0.2, 0.25) is 0 Å². The van der Waals surface area contributed by atoms with Crippen LogP contribution in [-0.4, -0.2) is 27.9 Å². The molecule has 2 rings (SSSR count). The Labute approximate surface area is 133 Å². The molecule has 0 bridgehead atoms. The van der Waals surface area contributed by atoms with E-state index in [1.165, 1.54) is 18.2 Å². The van der Waals surface area contributed by atoms with Crippen LogP contribution in [0.3, 0.4) is 0 Å². The van der Waals surface area contributed by atoms with Crippen molar-refractivity contribution < 1.29 is 18.8 Å². The van der Waals surface area contributed by atoms with E-state index in [1.54, 1.807) is 12.1 Å². The highest BCUT2D eigenvalue weighted by Crippen LogP contribution is 2.22. The van der Waals surface area contributed by atoms with Crippen LogP contribution in [0.5, 0.6) is 0 Å². The van der Waals surface area contributed by atoms with Crippen molar-refractivity contribution in [2.24, 2.45) is 0 Å². The van der Waals surface area contributed by atoms with Gasteiger partial charge in [-0.15, -0.1) is 0 Å². The molecule has 0 spiro atoms. The molecule has 6 heteroatoms. The minimum atomic E-state index is -1.03. The molecule has 1 aromatic heterocycles. The number of rotatable bonds is 7. The van der Waals surface area contributed by atoms with E-state index in [1.807, 2.05) is 19.1 Å². The number of halogens is 1. The average Bonchev–Trinajstić information content (AvgIpc) is 3.04. The fourth-order valence-electron chi connectivity index (χ4n) is 1.99. The summed E-state index contributed by atoms with van der Waals surface area (Å²) in [4.78, 5) is 15.2. The van der Waals surface area contributed by atoms with Gasteiger partial charge in [-0.3, -0.25) is 0 Å². The van der Waals surface area contributed by atoms with Crippen molar-refractivity contribution in [3.8, 4) is 11.5 Å². The van der Waals surface area contributed by atoms with Gasteiger partial charge < -0.3 is 9.63 Å². The Hall–Kier alpha value is -2.76. The normalized spacial score (nSPS) is 12.0. The Bertz CT molecular complexity index is 735. The van der Waals surface area contributed by atoms with Crippen LogP contribution in [0.25, 0.3) is 17.0 Å². The molecule has 5 nitrogen and oxygen atoms in total. The topological polar surface area (TPSA) is 76.2 Å². The summed E-state index contributed by atoms with van der Waals surface area (Å²) in [6.45, 7) is 1.39. The van der Waals surface area contributed by atoms with Gasteiger partial charge in [0.05, 0.1) is 5.56 Å². The van der Waals surface area contributed by atoms with E-state index in [2.05, 4.69) is 10.1 Å².